The maximum atomic E-state index is 13.3. The van der Waals surface area contributed by atoms with E-state index in [2.05, 4.69) is 4.98 Å². The minimum absolute atomic E-state index is 0.0574. The summed E-state index contributed by atoms with van der Waals surface area (Å²) in [4.78, 5) is 24.6. The van der Waals surface area contributed by atoms with Gasteiger partial charge in [0.2, 0.25) is 0 Å². The molecule has 2 aliphatic heterocycles. The number of benzene rings is 1. The van der Waals surface area contributed by atoms with E-state index in [0.29, 0.717) is 18.4 Å². The number of hydrogen-bond acceptors (Lipinski definition) is 7. The highest BCUT2D eigenvalue weighted by Crippen LogP contribution is 2.63. The molecule has 0 aliphatic carbocycles. The Labute approximate surface area is 183 Å². The minimum Gasteiger partial charge on any atom is -0.353 e. The maximum Gasteiger partial charge on any atom is 0.618 e. The van der Waals surface area contributed by atoms with Gasteiger partial charge in [0.1, 0.15) is 39.4 Å². The van der Waals surface area contributed by atoms with Crippen LogP contribution in [0.3, 0.4) is 0 Å². The van der Waals surface area contributed by atoms with E-state index in [9.17, 15) is 14.1 Å². The highest BCUT2D eigenvalue weighted by atomic mass is 35.5. The number of hydrogen-bond donors (Lipinski definition) is 2. The molecule has 3 heterocycles. The van der Waals surface area contributed by atoms with Crippen LogP contribution in [-0.4, -0.2) is 41.6 Å². The van der Waals surface area contributed by atoms with Gasteiger partial charge in [0.05, 0.1) is 11.5 Å². The van der Waals surface area contributed by atoms with Crippen LogP contribution in [0.2, 0.25) is 5.02 Å². The van der Waals surface area contributed by atoms with E-state index in [4.69, 9.17) is 57.8 Å². The largest absolute Gasteiger partial charge is 0.618 e. The first-order valence-corrected chi connectivity index (χ1v) is 11.0. The molecule has 1 aromatic carbocycles. The topological polar surface area (TPSA) is 94.9 Å². The quantitative estimate of drug-likeness (QED) is 0.404. The van der Waals surface area contributed by atoms with Crippen molar-refractivity contribution in [3.63, 3.8) is 0 Å². The molecule has 0 saturated carbocycles. The monoisotopic (exact) mass is 469 g/mol. The predicted octanol–water partition coefficient (Wildman–Crippen LogP) is 2.66. The van der Waals surface area contributed by atoms with E-state index in [0.717, 1.165) is 0 Å². The van der Waals surface area contributed by atoms with Crippen LogP contribution in [0.5, 0.6) is 5.75 Å². The van der Waals surface area contributed by atoms with Gasteiger partial charge in [-0.15, -0.1) is 4.52 Å². The zero-order valence-electron chi connectivity index (χ0n) is 15.3. The van der Waals surface area contributed by atoms with Gasteiger partial charge < -0.3 is 4.74 Å². The van der Waals surface area contributed by atoms with Crippen molar-refractivity contribution in [2.45, 2.75) is 37.2 Å². The number of aromatic nitrogens is 2. The standard InChI is InChI=1S/C16H13B2ClFN2O6PS/c17-16(18,28-29(24)25-7-8-5-9(20)1-2-11(8)27-29)12-3-4-13(26-12)22-6-10(19)14(23)21-15(22)30/h1-2,5-6,12-13,24H,3-4,7H2/p+1. The summed E-state index contributed by atoms with van der Waals surface area (Å²) < 4.78 is 36.8. The van der Waals surface area contributed by atoms with E-state index in [-0.39, 0.29) is 22.2 Å². The van der Waals surface area contributed by atoms with Crippen molar-refractivity contribution in [1.82, 2.24) is 9.55 Å². The van der Waals surface area contributed by atoms with Gasteiger partial charge in [-0.25, -0.2) is 4.39 Å². The zero-order chi connectivity index (χ0) is 21.7. The molecule has 1 aromatic heterocycles. The second-order valence-corrected chi connectivity index (χ2v) is 9.18. The Morgan fingerprint density at radius 2 is 2.20 bits per heavy atom. The molecule has 154 valence electrons. The van der Waals surface area contributed by atoms with E-state index >= 15 is 0 Å². The predicted molar refractivity (Wildman–Crippen MR) is 110 cm³/mol. The van der Waals surface area contributed by atoms with Gasteiger partial charge in [-0.1, -0.05) is 11.6 Å². The van der Waals surface area contributed by atoms with Gasteiger partial charge in [0.15, 0.2) is 10.5 Å². The van der Waals surface area contributed by atoms with Crippen molar-refractivity contribution < 1.29 is 27.6 Å². The first-order chi connectivity index (χ1) is 14.1. The number of rotatable bonds is 4. The molecular weight excluding hydrogens is 455 g/mol. The van der Waals surface area contributed by atoms with Crippen LogP contribution in [0, 0.1) is 10.6 Å². The van der Waals surface area contributed by atoms with Crippen molar-refractivity contribution >= 4 is 47.7 Å². The first kappa shape index (κ1) is 22.0. The fourth-order valence-corrected chi connectivity index (χ4v) is 4.99. The lowest BCUT2D eigenvalue weighted by Crippen LogP contribution is -2.47. The Kier molecular flexibility index (Phi) is 5.87. The zero-order valence-corrected chi connectivity index (χ0v) is 17.8. The number of ether oxygens (including phenoxy) is 1. The molecule has 30 heavy (non-hydrogen) atoms. The number of H-pyrrole nitrogens is 1. The summed E-state index contributed by atoms with van der Waals surface area (Å²) in [5.41, 5.74) is -0.106. The Balaban J connectivity index is 1.48. The van der Waals surface area contributed by atoms with Crippen LogP contribution in [0.1, 0.15) is 24.6 Å². The SMILES string of the molecule is [B]C([B])(O[P+]1(O)OCc2cc(F)ccc2O1)C1CCC(n2cc(Cl)c(=O)[nH]c2=S)O1. The lowest BCUT2D eigenvalue weighted by molar-refractivity contribution is -0.0554. The molecule has 4 rings (SSSR count). The fraction of sp³-hybridized carbons (Fsp3) is 0.375. The van der Waals surface area contributed by atoms with Crippen molar-refractivity contribution in [3.8, 4) is 5.75 Å². The van der Waals surface area contributed by atoms with E-state index in [1.54, 1.807) is 0 Å². The molecule has 14 heteroatoms. The molecule has 0 bridgehead atoms. The van der Waals surface area contributed by atoms with Crippen LogP contribution < -0.4 is 10.1 Å². The third-order valence-corrected chi connectivity index (χ3v) is 6.64. The minimum atomic E-state index is -3.95. The molecule has 0 spiro atoms. The summed E-state index contributed by atoms with van der Waals surface area (Å²) in [6.45, 7) is -0.146. The van der Waals surface area contributed by atoms with Gasteiger partial charge in [-0.05, 0) is 43.3 Å². The third-order valence-electron chi connectivity index (χ3n) is 4.63. The lowest BCUT2D eigenvalue weighted by atomic mass is 9.61. The maximum absolute atomic E-state index is 13.3. The Bertz CT molecular complexity index is 1100. The van der Waals surface area contributed by atoms with Crippen molar-refractivity contribution in [3.05, 3.63) is 55.9 Å². The second kappa shape index (κ2) is 8.02. The Hall–Kier alpha value is -1.26. The third kappa shape index (κ3) is 4.36. The molecule has 3 atom stereocenters. The average molecular weight is 469 g/mol. The molecule has 1 fully saturated rings. The molecule has 4 radical (unpaired) electrons. The molecular formula is C16H14B2ClFN2O6PS+. The van der Waals surface area contributed by atoms with Crippen molar-refractivity contribution in [1.29, 1.82) is 0 Å². The number of halogens is 2. The summed E-state index contributed by atoms with van der Waals surface area (Å²) in [5.74, 6) is -0.266. The molecule has 8 nitrogen and oxygen atoms in total. The number of fused-ring (bicyclic) bond motifs is 1. The average Bonchev–Trinajstić information content (AvgIpc) is 3.15. The summed E-state index contributed by atoms with van der Waals surface area (Å²) in [6, 6.07) is 3.75. The smallest absolute Gasteiger partial charge is 0.353 e. The van der Waals surface area contributed by atoms with Gasteiger partial charge >= 0.3 is 8.17 Å². The molecule has 2 aliphatic rings. The lowest BCUT2D eigenvalue weighted by Gasteiger charge is -2.33. The molecule has 0 amide bonds. The van der Waals surface area contributed by atoms with Gasteiger partial charge in [-0.3, -0.25) is 18.9 Å². The van der Waals surface area contributed by atoms with Crippen LogP contribution in [0.4, 0.5) is 4.39 Å². The molecule has 3 unspecified atom stereocenters. The summed E-state index contributed by atoms with van der Waals surface area (Å²) in [7, 11) is 8.20. The van der Waals surface area contributed by atoms with Crippen molar-refractivity contribution in [2.75, 3.05) is 0 Å². The Morgan fingerprint density at radius 1 is 1.43 bits per heavy atom. The molecule has 2 aromatic rings. The summed E-state index contributed by atoms with van der Waals surface area (Å²) >= 11 is 11.0. The number of nitrogens with one attached hydrogen (secondary N) is 1. The van der Waals surface area contributed by atoms with Gasteiger partial charge in [-0.2, -0.15) is 9.42 Å². The second-order valence-electron chi connectivity index (χ2n) is 6.83. The van der Waals surface area contributed by atoms with E-state index in [1.165, 1.54) is 29.0 Å². The van der Waals surface area contributed by atoms with Crippen LogP contribution in [0.25, 0.3) is 0 Å². The fourth-order valence-electron chi connectivity index (χ4n) is 3.19. The normalized spacial score (nSPS) is 26.2. The summed E-state index contributed by atoms with van der Waals surface area (Å²) in [5, 5.41) is -2.04. The Morgan fingerprint density at radius 3 is 2.97 bits per heavy atom. The van der Waals surface area contributed by atoms with Crippen LogP contribution >= 0.6 is 32.0 Å². The van der Waals surface area contributed by atoms with Gasteiger partial charge in [0, 0.05) is 11.8 Å². The highest BCUT2D eigenvalue weighted by Gasteiger charge is 2.56. The van der Waals surface area contributed by atoms with Crippen molar-refractivity contribution in [2.24, 2.45) is 0 Å². The number of nitrogens with zero attached hydrogens (tertiary/aromatic N) is 1. The van der Waals surface area contributed by atoms with Crippen LogP contribution in [0.15, 0.2) is 29.2 Å². The molecule has 1 saturated heterocycles. The van der Waals surface area contributed by atoms with Gasteiger partial charge in [0.25, 0.3) is 5.56 Å². The summed E-state index contributed by atoms with van der Waals surface area (Å²) in [6.07, 6.45) is 0.646. The van der Waals surface area contributed by atoms with E-state index < -0.39 is 37.3 Å². The highest BCUT2D eigenvalue weighted by molar-refractivity contribution is 7.71. The van der Waals surface area contributed by atoms with Crippen LogP contribution in [-0.2, 0) is 20.4 Å². The molecule has 2 N–H and O–H groups in total. The number of aromatic amines is 1. The van der Waals surface area contributed by atoms with E-state index in [1.807, 2.05) is 0 Å². The first-order valence-electron chi connectivity index (χ1n) is 8.76.